The molecule has 1 aromatic rings. The van der Waals surface area contributed by atoms with E-state index >= 15 is 0 Å². The van der Waals surface area contributed by atoms with Crippen molar-refractivity contribution >= 4 is 41.0 Å². The van der Waals surface area contributed by atoms with Gasteiger partial charge >= 0.3 is 17.8 Å². The fraction of sp³-hybridized carbons (Fsp3) is 0.278. The van der Waals surface area contributed by atoms with Crippen LogP contribution in [0, 0.1) is 0 Å². The highest BCUT2D eigenvalue weighted by Gasteiger charge is 2.48. The van der Waals surface area contributed by atoms with Gasteiger partial charge in [0, 0.05) is 6.54 Å². The number of urea groups is 1. The van der Waals surface area contributed by atoms with Gasteiger partial charge in [-0.1, -0.05) is 18.2 Å². The molecule has 9 heteroatoms. The Labute approximate surface area is 155 Å². The lowest BCUT2D eigenvalue weighted by molar-refractivity contribution is -0.143. The van der Waals surface area contributed by atoms with Gasteiger partial charge < -0.3 is 5.32 Å². The largest absolute Gasteiger partial charge is 0.335 e. The zero-order chi connectivity index (χ0) is 19.9. The molecule has 140 valence electrons. The summed E-state index contributed by atoms with van der Waals surface area (Å²) in [6.45, 7) is 5.76. The molecule has 0 aromatic heterocycles. The number of anilines is 2. The zero-order valence-corrected chi connectivity index (χ0v) is 14.9. The monoisotopic (exact) mass is 370 g/mol. The average molecular weight is 370 g/mol. The molecule has 0 aliphatic carbocycles. The van der Waals surface area contributed by atoms with Crippen LogP contribution in [0.3, 0.4) is 0 Å². The molecule has 0 atom stereocenters. The summed E-state index contributed by atoms with van der Waals surface area (Å²) in [5, 5.41) is 2.72. The SMILES string of the molecule is C=CCN1C(=O)C(=O)N(CC(=O)N2c3ccccc3NC(=O)C2(C)C)C1=O. The molecule has 0 saturated carbocycles. The minimum atomic E-state index is -1.25. The van der Waals surface area contributed by atoms with E-state index in [1.54, 1.807) is 38.1 Å². The van der Waals surface area contributed by atoms with Crippen LogP contribution in [0.4, 0.5) is 16.2 Å². The van der Waals surface area contributed by atoms with Crippen molar-refractivity contribution in [2.24, 2.45) is 0 Å². The van der Waals surface area contributed by atoms with Crippen LogP contribution < -0.4 is 10.2 Å². The Morgan fingerprint density at radius 2 is 1.74 bits per heavy atom. The van der Waals surface area contributed by atoms with E-state index in [-0.39, 0.29) is 6.54 Å². The third-order valence-electron chi connectivity index (χ3n) is 4.50. The summed E-state index contributed by atoms with van der Waals surface area (Å²) in [6, 6.07) is 5.82. The fourth-order valence-corrected chi connectivity index (χ4v) is 3.08. The molecule has 2 heterocycles. The van der Waals surface area contributed by atoms with Crippen molar-refractivity contribution in [1.29, 1.82) is 0 Å². The van der Waals surface area contributed by atoms with Crippen LogP contribution in [-0.2, 0) is 19.2 Å². The second-order valence-corrected chi connectivity index (χ2v) is 6.64. The second kappa shape index (κ2) is 6.35. The van der Waals surface area contributed by atoms with Crippen molar-refractivity contribution in [2.45, 2.75) is 19.4 Å². The van der Waals surface area contributed by atoms with Crippen LogP contribution in [0.1, 0.15) is 13.8 Å². The Balaban J connectivity index is 1.93. The summed E-state index contributed by atoms with van der Waals surface area (Å²) in [4.78, 5) is 64.3. The summed E-state index contributed by atoms with van der Waals surface area (Å²) in [5.41, 5.74) is -0.360. The summed E-state index contributed by atoms with van der Waals surface area (Å²) in [6.07, 6.45) is 1.31. The first kappa shape index (κ1) is 18.3. The molecule has 2 aliphatic rings. The highest BCUT2D eigenvalue weighted by atomic mass is 16.2. The number of hydrogen-bond acceptors (Lipinski definition) is 5. The molecule has 1 aromatic carbocycles. The quantitative estimate of drug-likeness (QED) is 0.478. The lowest BCUT2D eigenvalue weighted by Crippen LogP contribution is -2.60. The van der Waals surface area contributed by atoms with Gasteiger partial charge in [0.1, 0.15) is 12.1 Å². The first-order valence-corrected chi connectivity index (χ1v) is 8.22. The van der Waals surface area contributed by atoms with Crippen molar-refractivity contribution in [1.82, 2.24) is 9.80 Å². The number of para-hydroxylation sites is 2. The Bertz CT molecular complexity index is 891. The third-order valence-corrected chi connectivity index (χ3v) is 4.50. The van der Waals surface area contributed by atoms with Gasteiger partial charge in [-0.05, 0) is 26.0 Å². The Hall–Kier alpha value is -3.49. The van der Waals surface area contributed by atoms with E-state index in [4.69, 9.17) is 0 Å². The maximum atomic E-state index is 13.0. The Morgan fingerprint density at radius 3 is 2.41 bits per heavy atom. The van der Waals surface area contributed by atoms with Gasteiger partial charge in [0.15, 0.2) is 0 Å². The summed E-state index contributed by atoms with van der Waals surface area (Å²) >= 11 is 0. The molecule has 3 rings (SSSR count). The van der Waals surface area contributed by atoms with E-state index in [1.807, 2.05) is 0 Å². The van der Waals surface area contributed by atoms with Crippen molar-refractivity contribution in [3.05, 3.63) is 36.9 Å². The van der Waals surface area contributed by atoms with Gasteiger partial charge in [-0.25, -0.2) is 9.69 Å². The minimum absolute atomic E-state index is 0.130. The molecule has 9 nitrogen and oxygen atoms in total. The lowest BCUT2D eigenvalue weighted by atomic mass is 9.96. The molecule has 1 saturated heterocycles. The lowest BCUT2D eigenvalue weighted by Gasteiger charge is -2.42. The number of benzene rings is 1. The highest BCUT2D eigenvalue weighted by molar-refractivity contribution is 6.45. The molecular formula is C18H18N4O5. The van der Waals surface area contributed by atoms with E-state index in [0.29, 0.717) is 21.2 Å². The molecule has 1 N–H and O–H groups in total. The number of carbonyl (C=O) groups excluding carboxylic acids is 5. The van der Waals surface area contributed by atoms with Crippen molar-refractivity contribution in [3.63, 3.8) is 0 Å². The van der Waals surface area contributed by atoms with Crippen LogP contribution in [0.5, 0.6) is 0 Å². The number of fused-ring (bicyclic) bond motifs is 1. The van der Waals surface area contributed by atoms with Crippen molar-refractivity contribution in [2.75, 3.05) is 23.3 Å². The summed E-state index contributed by atoms with van der Waals surface area (Å²) in [7, 11) is 0. The van der Waals surface area contributed by atoms with E-state index in [1.165, 1.54) is 11.0 Å². The molecule has 27 heavy (non-hydrogen) atoms. The zero-order valence-electron chi connectivity index (χ0n) is 14.9. The van der Waals surface area contributed by atoms with Crippen LogP contribution in [0.2, 0.25) is 0 Å². The minimum Gasteiger partial charge on any atom is -0.322 e. The van der Waals surface area contributed by atoms with Gasteiger partial charge in [0.05, 0.1) is 11.4 Å². The van der Waals surface area contributed by atoms with Gasteiger partial charge in [-0.15, -0.1) is 6.58 Å². The predicted molar refractivity (Wildman–Crippen MR) is 95.7 cm³/mol. The molecule has 2 aliphatic heterocycles. The topological polar surface area (TPSA) is 107 Å². The molecule has 0 bridgehead atoms. The highest BCUT2D eigenvalue weighted by Crippen LogP contribution is 2.36. The van der Waals surface area contributed by atoms with E-state index in [2.05, 4.69) is 11.9 Å². The fourth-order valence-electron chi connectivity index (χ4n) is 3.08. The molecule has 0 spiro atoms. The van der Waals surface area contributed by atoms with Crippen LogP contribution >= 0.6 is 0 Å². The van der Waals surface area contributed by atoms with Gasteiger partial charge in [0.25, 0.3) is 0 Å². The number of rotatable bonds is 4. The molecule has 6 amide bonds. The number of carbonyl (C=O) groups is 5. The predicted octanol–water partition coefficient (Wildman–Crippen LogP) is 0.727. The summed E-state index contributed by atoms with van der Waals surface area (Å²) < 4.78 is 0. The first-order chi connectivity index (χ1) is 12.7. The van der Waals surface area contributed by atoms with Crippen molar-refractivity contribution in [3.8, 4) is 0 Å². The number of hydrogen-bond donors (Lipinski definition) is 1. The molecule has 0 radical (unpaired) electrons. The van der Waals surface area contributed by atoms with Crippen LogP contribution in [-0.4, -0.2) is 58.1 Å². The maximum absolute atomic E-state index is 13.0. The van der Waals surface area contributed by atoms with E-state index in [9.17, 15) is 24.0 Å². The standard InChI is InChI=1S/C18H18N4O5/c1-4-9-20-14(24)15(25)21(17(20)27)10-13(23)22-12-8-6-5-7-11(12)19-16(26)18(22,2)3/h4-8H,1,9-10H2,2-3H3,(H,19,26). The van der Waals surface area contributed by atoms with Gasteiger partial charge in [0.2, 0.25) is 11.8 Å². The maximum Gasteiger partial charge on any atom is 0.335 e. The van der Waals surface area contributed by atoms with Crippen LogP contribution in [0.25, 0.3) is 0 Å². The van der Waals surface area contributed by atoms with E-state index < -0.39 is 41.7 Å². The first-order valence-electron chi connectivity index (χ1n) is 8.22. The third kappa shape index (κ3) is 2.77. The Morgan fingerprint density at radius 1 is 1.11 bits per heavy atom. The smallest absolute Gasteiger partial charge is 0.322 e. The summed E-state index contributed by atoms with van der Waals surface area (Å²) in [5.74, 6) is -3.15. The number of nitrogens with one attached hydrogen (secondary N) is 1. The number of nitrogens with zero attached hydrogens (tertiary/aromatic N) is 3. The van der Waals surface area contributed by atoms with Crippen LogP contribution in [0.15, 0.2) is 36.9 Å². The molecular weight excluding hydrogens is 352 g/mol. The van der Waals surface area contributed by atoms with Gasteiger partial charge in [-0.3, -0.25) is 29.0 Å². The van der Waals surface area contributed by atoms with Crippen molar-refractivity contribution < 1.29 is 24.0 Å². The average Bonchev–Trinajstić information content (AvgIpc) is 2.81. The number of amides is 6. The normalized spacial score (nSPS) is 18.5. The Kier molecular flexibility index (Phi) is 4.30. The van der Waals surface area contributed by atoms with E-state index in [0.717, 1.165) is 0 Å². The molecule has 0 unspecified atom stereocenters. The second-order valence-electron chi connectivity index (χ2n) is 6.64. The van der Waals surface area contributed by atoms with Gasteiger partial charge in [-0.2, -0.15) is 0 Å². The molecule has 1 fully saturated rings. The number of imide groups is 2.